The number of aryl methyl sites for hydroxylation is 1. The van der Waals surface area contributed by atoms with Crippen LogP contribution in [0.2, 0.25) is 0 Å². The van der Waals surface area contributed by atoms with Crippen LogP contribution in [-0.2, 0) is 13.0 Å². The second-order valence-electron chi connectivity index (χ2n) is 4.12. The van der Waals surface area contributed by atoms with Gasteiger partial charge in [-0.3, -0.25) is 0 Å². The largest absolute Gasteiger partial charge is 0.497 e. The number of hydrogen-bond acceptors (Lipinski definition) is 6. The van der Waals surface area contributed by atoms with Crippen LogP contribution in [0.4, 0.5) is 0 Å². The molecule has 2 aromatic heterocycles. The number of aromatic nitrogens is 4. The maximum absolute atomic E-state index is 5.69. The van der Waals surface area contributed by atoms with Crippen molar-refractivity contribution in [3.63, 3.8) is 0 Å². The van der Waals surface area contributed by atoms with Crippen LogP contribution in [0.3, 0.4) is 0 Å². The van der Waals surface area contributed by atoms with Gasteiger partial charge in [0, 0.05) is 6.42 Å². The summed E-state index contributed by atoms with van der Waals surface area (Å²) in [5.41, 5.74) is 0. The van der Waals surface area contributed by atoms with Gasteiger partial charge >= 0.3 is 0 Å². The zero-order valence-electron chi connectivity index (χ0n) is 11.2. The Kier molecular flexibility index (Phi) is 3.51. The minimum absolute atomic E-state index is 0.420. The van der Waals surface area contributed by atoms with Crippen LogP contribution in [0.25, 0.3) is 4.96 Å². The van der Waals surface area contributed by atoms with E-state index in [9.17, 15) is 0 Å². The number of benzene rings is 1. The molecule has 20 heavy (non-hydrogen) atoms. The maximum atomic E-state index is 5.69. The highest BCUT2D eigenvalue weighted by Crippen LogP contribution is 2.20. The van der Waals surface area contributed by atoms with E-state index in [1.165, 1.54) is 11.3 Å². The fraction of sp³-hybridized carbons (Fsp3) is 0.308. The van der Waals surface area contributed by atoms with Gasteiger partial charge in [0.1, 0.15) is 18.1 Å². The molecule has 0 aliphatic carbocycles. The van der Waals surface area contributed by atoms with Crippen LogP contribution in [-0.4, -0.2) is 26.9 Å². The molecule has 1 aromatic carbocycles. The summed E-state index contributed by atoms with van der Waals surface area (Å²) < 4.78 is 12.6. The van der Waals surface area contributed by atoms with Crippen molar-refractivity contribution >= 4 is 16.3 Å². The first kappa shape index (κ1) is 12.9. The molecule has 0 saturated heterocycles. The summed E-state index contributed by atoms with van der Waals surface area (Å²) in [6.45, 7) is 2.45. The molecule has 7 heteroatoms. The highest BCUT2D eigenvalue weighted by Gasteiger charge is 2.10. The third-order valence-electron chi connectivity index (χ3n) is 2.84. The Labute approximate surface area is 120 Å². The Bertz CT molecular complexity index is 705. The molecule has 0 fully saturated rings. The monoisotopic (exact) mass is 290 g/mol. The van der Waals surface area contributed by atoms with Crippen LogP contribution in [0.1, 0.15) is 17.8 Å². The SMILES string of the molecule is CCc1nnc2sc(COc3ccc(OC)cc3)nn12. The topological polar surface area (TPSA) is 61.5 Å². The second kappa shape index (κ2) is 5.46. The van der Waals surface area contributed by atoms with E-state index >= 15 is 0 Å². The Morgan fingerprint density at radius 1 is 1.15 bits per heavy atom. The molecular weight excluding hydrogens is 276 g/mol. The summed E-state index contributed by atoms with van der Waals surface area (Å²) in [4.78, 5) is 0.801. The average Bonchev–Trinajstić information content (AvgIpc) is 3.05. The first-order chi connectivity index (χ1) is 9.80. The Morgan fingerprint density at radius 3 is 2.60 bits per heavy atom. The molecule has 0 unspecified atom stereocenters. The van der Waals surface area contributed by atoms with Crippen LogP contribution in [0.15, 0.2) is 24.3 Å². The van der Waals surface area contributed by atoms with Crippen LogP contribution < -0.4 is 9.47 Å². The quantitative estimate of drug-likeness (QED) is 0.721. The Hall–Kier alpha value is -2.15. The average molecular weight is 290 g/mol. The molecule has 0 aliphatic heterocycles. The Morgan fingerprint density at radius 2 is 1.90 bits per heavy atom. The summed E-state index contributed by atoms with van der Waals surface area (Å²) in [6.07, 6.45) is 0.809. The van der Waals surface area contributed by atoms with Gasteiger partial charge in [-0.25, -0.2) is 0 Å². The van der Waals surface area contributed by atoms with Gasteiger partial charge in [-0.2, -0.15) is 9.61 Å². The number of rotatable bonds is 5. The molecule has 0 atom stereocenters. The van der Waals surface area contributed by atoms with E-state index in [1.54, 1.807) is 11.6 Å². The van der Waals surface area contributed by atoms with Crippen molar-refractivity contribution in [1.82, 2.24) is 19.8 Å². The third kappa shape index (κ3) is 2.44. The van der Waals surface area contributed by atoms with Crippen molar-refractivity contribution in [2.45, 2.75) is 20.0 Å². The predicted molar refractivity (Wildman–Crippen MR) is 75.4 cm³/mol. The van der Waals surface area contributed by atoms with E-state index in [1.807, 2.05) is 31.2 Å². The van der Waals surface area contributed by atoms with Crippen molar-refractivity contribution in [3.8, 4) is 11.5 Å². The fourth-order valence-electron chi connectivity index (χ4n) is 1.79. The van der Waals surface area contributed by atoms with E-state index in [0.717, 1.165) is 33.7 Å². The lowest BCUT2D eigenvalue weighted by Gasteiger charge is -2.04. The summed E-state index contributed by atoms with van der Waals surface area (Å²) in [6, 6.07) is 7.47. The maximum Gasteiger partial charge on any atom is 0.234 e. The summed E-state index contributed by atoms with van der Waals surface area (Å²) >= 11 is 1.49. The van der Waals surface area contributed by atoms with Gasteiger partial charge in [0.05, 0.1) is 7.11 Å². The van der Waals surface area contributed by atoms with E-state index < -0.39 is 0 Å². The lowest BCUT2D eigenvalue weighted by molar-refractivity contribution is 0.303. The standard InChI is InChI=1S/C13H14N4O2S/c1-3-11-14-15-13-17(11)16-12(20-13)8-19-10-6-4-9(18-2)5-7-10/h4-7H,3,8H2,1-2H3. The van der Waals surface area contributed by atoms with Gasteiger partial charge < -0.3 is 9.47 Å². The van der Waals surface area contributed by atoms with Crippen LogP contribution in [0, 0.1) is 0 Å². The minimum Gasteiger partial charge on any atom is -0.497 e. The smallest absolute Gasteiger partial charge is 0.234 e. The molecule has 0 saturated carbocycles. The molecule has 2 heterocycles. The van der Waals surface area contributed by atoms with Crippen molar-refractivity contribution in [2.75, 3.05) is 7.11 Å². The molecule has 0 bridgehead atoms. The van der Waals surface area contributed by atoms with E-state index in [-0.39, 0.29) is 0 Å². The number of methoxy groups -OCH3 is 1. The molecule has 0 aliphatic rings. The third-order valence-corrected chi connectivity index (χ3v) is 3.71. The highest BCUT2D eigenvalue weighted by atomic mass is 32.1. The molecule has 0 radical (unpaired) electrons. The van der Waals surface area contributed by atoms with Gasteiger partial charge in [0.2, 0.25) is 4.96 Å². The fourth-order valence-corrected chi connectivity index (χ4v) is 2.56. The first-order valence-corrected chi connectivity index (χ1v) is 7.08. The molecule has 104 valence electrons. The van der Waals surface area contributed by atoms with Gasteiger partial charge in [-0.05, 0) is 24.3 Å². The molecular formula is C13H14N4O2S. The van der Waals surface area contributed by atoms with Crippen LogP contribution >= 0.6 is 11.3 Å². The number of nitrogens with zero attached hydrogens (tertiary/aromatic N) is 4. The van der Waals surface area contributed by atoms with Crippen molar-refractivity contribution < 1.29 is 9.47 Å². The van der Waals surface area contributed by atoms with E-state index in [4.69, 9.17) is 9.47 Å². The lowest BCUT2D eigenvalue weighted by atomic mass is 10.3. The highest BCUT2D eigenvalue weighted by molar-refractivity contribution is 7.16. The van der Waals surface area contributed by atoms with Gasteiger partial charge in [0.15, 0.2) is 10.8 Å². The second-order valence-corrected chi connectivity index (χ2v) is 5.16. The minimum atomic E-state index is 0.420. The predicted octanol–water partition coefficient (Wildman–Crippen LogP) is 2.34. The molecule has 0 N–H and O–H groups in total. The van der Waals surface area contributed by atoms with Crippen molar-refractivity contribution in [3.05, 3.63) is 35.1 Å². The number of fused-ring (bicyclic) bond motifs is 1. The number of ether oxygens (including phenoxy) is 2. The van der Waals surface area contributed by atoms with Crippen molar-refractivity contribution in [2.24, 2.45) is 0 Å². The summed E-state index contributed by atoms with van der Waals surface area (Å²) in [7, 11) is 1.64. The number of hydrogen-bond donors (Lipinski definition) is 0. The molecule has 0 amide bonds. The lowest BCUT2D eigenvalue weighted by Crippen LogP contribution is -1.98. The summed E-state index contributed by atoms with van der Waals surface area (Å²) in [5, 5.41) is 13.5. The summed E-state index contributed by atoms with van der Waals surface area (Å²) in [5.74, 6) is 2.46. The molecule has 3 rings (SSSR count). The zero-order chi connectivity index (χ0) is 13.9. The normalized spacial score (nSPS) is 10.9. The molecule has 0 spiro atoms. The van der Waals surface area contributed by atoms with E-state index in [0.29, 0.717) is 6.61 Å². The molecule has 3 aromatic rings. The zero-order valence-corrected chi connectivity index (χ0v) is 12.1. The Balaban J connectivity index is 1.71. The van der Waals surface area contributed by atoms with Gasteiger partial charge in [-0.1, -0.05) is 18.3 Å². The first-order valence-electron chi connectivity index (χ1n) is 6.27. The van der Waals surface area contributed by atoms with Crippen molar-refractivity contribution in [1.29, 1.82) is 0 Å². The van der Waals surface area contributed by atoms with Gasteiger partial charge in [-0.15, -0.1) is 10.2 Å². The molecule has 6 nitrogen and oxygen atoms in total. The van der Waals surface area contributed by atoms with Crippen LogP contribution in [0.5, 0.6) is 11.5 Å². The van der Waals surface area contributed by atoms with E-state index in [2.05, 4.69) is 15.3 Å². The van der Waals surface area contributed by atoms with Gasteiger partial charge in [0.25, 0.3) is 0 Å².